The molecule has 0 nitrogen and oxygen atoms in total. The molecule has 0 unspecified atom stereocenters. The fraction of sp³-hybridized carbons (Fsp3) is 0.600. The van der Waals surface area contributed by atoms with Crippen LogP contribution in [0.3, 0.4) is 0 Å². The predicted octanol–water partition coefficient (Wildman–Crippen LogP) is 3.21. The second-order valence-electron chi connectivity index (χ2n) is 3.40. The van der Waals surface area contributed by atoms with Crippen molar-refractivity contribution >= 4 is 0 Å². The predicted molar refractivity (Wildman–Crippen MR) is 43.9 cm³/mol. The molecule has 54 valence electrons. The molecule has 0 aromatic rings. The van der Waals surface area contributed by atoms with Crippen molar-refractivity contribution in [3.63, 3.8) is 0 Å². The van der Waals surface area contributed by atoms with E-state index >= 15 is 0 Å². The fourth-order valence-electron chi connectivity index (χ4n) is 2.04. The van der Waals surface area contributed by atoms with Crippen molar-refractivity contribution in [1.82, 2.24) is 0 Å². The van der Waals surface area contributed by atoms with E-state index < -0.39 is 0 Å². The smallest absolute Gasteiger partial charge is 0.0130 e. The van der Waals surface area contributed by atoms with Crippen LogP contribution in [0.4, 0.5) is 0 Å². The molecule has 2 aliphatic carbocycles. The van der Waals surface area contributed by atoms with Gasteiger partial charge in [0.25, 0.3) is 0 Å². The molecule has 0 heterocycles. The van der Waals surface area contributed by atoms with Gasteiger partial charge in [0.2, 0.25) is 0 Å². The molecule has 1 saturated carbocycles. The van der Waals surface area contributed by atoms with Crippen LogP contribution in [-0.4, -0.2) is 0 Å². The molecule has 0 atom stereocenters. The van der Waals surface area contributed by atoms with E-state index in [1.54, 1.807) is 16.7 Å². The van der Waals surface area contributed by atoms with Gasteiger partial charge in [-0.1, -0.05) is 11.6 Å². The Morgan fingerprint density at radius 1 is 1.20 bits per heavy atom. The highest BCUT2D eigenvalue weighted by Crippen LogP contribution is 2.36. The Bertz CT molecular complexity index is 206. The second-order valence-corrected chi connectivity index (χ2v) is 3.40. The molecular formula is C10H14. The van der Waals surface area contributed by atoms with Crippen molar-refractivity contribution in [3.05, 3.63) is 22.8 Å². The van der Waals surface area contributed by atoms with Crippen molar-refractivity contribution in [3.8, 4) is 0 Å². The lowest BCUT2D eigenvalue weighted by Crippen LogP contribution is -1.96. The lowest BCUT2D eigenvalue weighted by Gasteiger charge is -2.15. The molecule has 2 aliphatic rings. The van der Waals surface area contributed by atoms with Gasteiger partial charge in [0, 0.05) is 0 Å². The summed E-state index contributed by atoms with van der Waals surface area (Å²) in [5.41, 5.74) is 5.00. The third-order valence-electron chi connectivity index (χ3n) is 2.68. The first-order valence-corrected chi connectivity index (χ1v) is 4.26. The Balaban J connectivity index is 2.29. The van der Waals surface area contributed by atoms with E-state index in [1.165, 1.54) is 32.1 Å². The minimum Gasteiger partial charge on any atom is -0.0770 e. The first-order valence-electron chi connectivity index (χ1n) is 4.26. The zero-order valence-electron chi connectivity index (χ0n) is 6.61. The van der Waals surface area contributed by atoms with E-state index in [0.717, 1.165) is 0 Å². The maximum absolute atomic E-state index is 2.42. The molecule has 0 amide bonds. The number of allylic oxidation sites excluding steroid dienone is 4. The summed E-state index contributed by atoms with van der Waals surface area (Å²) in [5.74, 6) is 0. The summed E-state index contributed by atoms with van der Waals surface area (Å²) in [4.78, 5) is 0. The Kier molecular flexibility index (Phi) is 1.40. The highest BCUT2D eigenvalue weighted by molar-refractivity contribution is 5.42. The van der Waals surface area contributed by atoms with E-state index in [2.05, 4.69) is 13.0 Å². The third kappa shape index (κ3) is 0.828. The van der Waals surface area contributed by atoms with Gasteiger partial charge in [-0.15, -0.1) is 0 Å². The Morgan fingerprint density at radius 3 is 2.80 bits per heavy atom. The Labute approximate surface area is 62.6 Å². The average molecular weight is 134 g/mol. The topological polar surface area (TPSA) is 0 Å². The number of fused-ring (bicyclic) bond motifs is 1. The van der Waals surface area contributed by atoms with Gasteiger partial charge < -0.3 is 0 Å². The van der Waals surface area contributed by atoms with Crippen LogP contribution in [0.15, 0.2) is 22.8 Å². The van der Waals surface area contributed by atoms with Gasteiger partial charge in [-0.05, 0) is 50.2 Å². The second kappa shape index (κ2) is 2.26. The highest BCUT2D eigenvalue weighted by atomic mass is 14.2. The molecule has 0 saturated heterocycles. The van der Waals surface area contributed by atoms with Crippen LogP contribution in [0.2, 0.25) is 0 Å². The van der Waals surface area contributed by atoms with E-state index in [4.69, 9.17) is 0 Å². The minimum absolute atomic E-state index is 1.24. The molecule has 0 spiro atoms. The van der Waals surface area contributed by atoms with Crippen molar-refractivity contribution in [2.75, 3.05) is 0 Å². The molecule has 0 aromatic heterocycles. The van der Waals surface area contributed by atoms with Gasteiger partial charge in [-0.3, -0.25) is 0 Å². The molecular weight excluding hydrogens is 120 g/mol. The van der Waals surface area contributed by atoms with Gasteiger partial charge in [-0.2, -0.15) is 0 Å². The summed E-state index contributed by atoms with van der Waals surface area (Å²) in [7, 11) is 0. The zero-order valence-corrected chi connectivity index (χ0v) is 6.61. The van der Waals surface area contributed by atoms with Crippen LogP contribution >= 0.6 is 0 Å². The Hall–Kier alpha value is -0.520. The molecule has 0 heteroatoms. The van der Waals surface area contributed by atoms with Crippen LogP contribution in [-0.2, 0) is 0 Å². The van der Waals surface area contributed by atoms with Gasteiger partial charge in [0.05, 0.1) is 0 Å². The molecule has 0 aromatic carbocycles. The summed E-state index contributed by atoms with van der Waals surface area (Å²) in [6, 6.07) is 0. The first-order chi connectivity index (χ1) is 4.88. The van der Waals surface area contributed by atoms with E-state index in [0.29, 0.717) is 0 Å². The maximum atomic E-state index is 2.42. The fourth-order valence-corrected chi connectivity index (χ4v) is 2.04. The standard InChI is InChI=1S/C10H14/c1-8-6-7-9-4-2-3-5-10(8)9/h7H,2-6H2,1H3. The van der Waals surface area contributed by atoms with Crippen molar-refractivity contribution < 1.29 is 0 Å². The van der Waals surface area contributed by atoms with E-state index in [-0.39, 0.29) is 0 Å². The van der Waals surface area contributed by atoms with Crippen molar-refractivity contribution in [1.29, 1.82) is 0 Å². The Morgan fingerprint density at radius 2 is 2.00 bits per heavy atom. The normalized spacial score (nSPS) is 24.7. The molecule has 0 N–H and O–H groups in total. The van der Waals surface area contributed by atoms with Crippen LogP contribution in [0.5, 0.6) is 0 Å². The highest BCUT2D eigenvalue weighted by Gasteiger charge is 2.17. The summed E-state index contributed by atoms with van der Waals surface area (Å²) in [5, 5.41) is 0. The van der Waals surface area contributed by atoms with E-state index in [1.807, 2.05) is 0 Å². The molecule has 0 bridgehead atoms. The van der Waals surface area contributed by atoms with Gasteiger partial charge in [-0.25, -0.2) is 0 Å². The summed E-state index contributed by atoms with van der Waals surface area (Å²) in [6.45, 7) is 2.28. The van der Waals surface area contributed by atoms with Gasteiger partial charge >= 0.3 is 0 Å². The molecule has 0 aliphatic heterocycles. The molecule has 10 heavy (non-hydrogen) atoms. The van der Waals surface area contributed by atoms with Crippen LogP contribution in [0.1, 0.15) is 39.0 Å². The number of hydrogen-bond donors (Lipinski definition) is 0. The minimum atomic E-state index is 1.24. The number of rotatable bonds is 0. The monoisotopic (exact) mass is 134 g/mol. The van der Waals surface area contributed by atoms with Crippen LogP contribution < -0.4 is 0 Å². The average Bonchev–Trinajstić information content (AvgIpc) is 2.34. The summed E-state index contributed by atoms with van der Waals surface area (Å²) >= 11 is 0. The largest absolute Gasteiger partial charge is 0.0770 e. The van der Waals surface area contributed by atoms with Gasteiger partial charge in [0.15, 0.2) is 0 Å². The van der Waals surface area contributed by atoms with Crippen LogP contribution in [0, 0.1) is 0 Å². The zero-order chi connectivity index (χ0) is 6.97. The van der Waals surface area contributed by atoms with E-state index in [9.17, 15) is 0 Å². The van der Waals surface area contributed by atoms with Crippen molar-refractivity contribution in [2.45, 2.75) is 39.0 Å². The first kappa shape index (κ1) is 6.21. The molecule has 2 rings (SSSR count). The SMILES string of the molecule is CC1=C2CCCCC2=CC1. The lowest BCUT2D eigenvalue weighted by atomic mass is 9.90. The summed E-state index contributed by atoms with van der Waals surface area (Å²) in [6.07, 6.45) is 9.21. The van der Waals surface area contributed by atoms with Crippen molar-refractivity contribution in [2.24, 2.45) is 0 Å². The molecule has 1 fully saturated rings. The maximum Gasteiger partial charge on any atom is -0.0130 e. The quantitative estimate of drug-likeness (QED) is 0.477. The van der Waals surface area contributed by atoms with Gasteiger partial charge in [0.1, 0.15) is 0 Å². The third-order valence-corrected chi connectivity index (χ3v) is 2.68. The molecule has 0 radical (unpaired) electrons. The summed E-state index contributed by atoms with van der Waals surface area (Å²) < 4.78 is 0. The lowest BCUT2D eigenvalue weighted by molar-refractivity contribution is 0.679. The number of hydrogen-bond acceptors (Lipinski definition) is 0. The van der Waals surface area contributed by atoms with Crippen LogP contribution in [0.25, 0.3) is 0 Å².